The van der Waals surface area contributed by atoms with Crippen LogP contribution in [0.2, 0.25) is 0 Å². The molecule has 1 aliphatic heterocycles. The molecule has 0 aromatic heterocycles. The zero-order valence-electron chi connectivity index (χ0n) is 9.26. The summed E-state index contributed by atoms with van der Waals surface area (Å²) in [7, 11) is 0. The molecule has 0 fully saturated rings. The fourth-order valence-electron chi connectivity index (χ4n) is 2.06. The largest absolute Gasteiger partial charge is 0.294 e. The average Bonchev–Trinajstić information content (AvgIpc) is 2.36. The highest BCUT2D eigenvalue weighted by Crippen LogP contribution is 2.23. The third-order valence-electron chi connectivity index (χ3n) is 2.95. The quantitative estimate of drug-likeness (QED) is 0.671. The minimum atomic E-state index is 0.152. The molecule has 2 heteroatoms. The lowest BCUT2D eigenvalue weighted by atomic mass is 9.97. The summed E-state index contributed by atoms with van der Waals surface area (Å²) in [5, 5.41) is 0. The molecule has 0 saturated carbocycles. The molecule has 1 heterocycles. The Morgan fingerprint density at radius 3 is 2.65 bits per heavy atom. The van der Waals surface area contributed by atoms with Crippen molar-refractivity contribution in [2.75, 3.05) is 0 Å². The van der Waals surface area contributed by atoms with E-state index in [0.717, 1.165) is 22.4 Å². The van der Waals surface area contributed by atoms with Gasteiger partial charge in [0, 0.05) is 23.8 Å². The Morgan fingerprint density at radius 2 is 1.71 bits per heavy atom. The van der Waals surface area contributed by atoms with Crippen LogP contribution in [0.25, 0.3) is 0 Å². The summed E-state index contributed by atoms with van der Waals surface area (Å²) in [6.07, 6.45) is 2.19. The molecular weight excluding hydrogens is 210 g/mol. The average molecular weight is 221 g/mol. The van der Waals surface area contributed by atoms with Crippen LogP contribution < -0.4 is 0 Å². The van der Waals surface area contributed by atoms with E-state index in [1.807, 2.05) is 48.5 Å². The van der Waals surface area contributed by atoms with Crippen LogP contribution in [0.3, 0.4) is 0 Å². The maximum absolute atomic E-state index is 12.2. The first-order chi connectivity index (χ1) is 8.34. The van der Waals surface area contributed by atoms with Gasteiger partial charge < -0.3 is 0 Å². The van der Waals surface area contributed by atoms with Crippen molar-refractivity contribution in [2.24, 2.45) is 4.99 Å². The summed E-state index contributed by atoms with van der Waals surface area (Å²) in [4.78, 5) is 16.6. The molecule has 0 N–H and O–H groups in total. The van der Waals surface area contributed by atoms with E-state index in [9.17, 15) is 4.79 Å². The van der Waals surface area contributed by atoms with Crippen molar-refractivity contribution < 1.29 is 4.79 Å². The van der Waals surface area contributed by atoms with E-state index in [-0.39, 0.29) is 5.78 Å². The van der Waals surface area contributed by atoms with E-state index in [2.05, 4.69) is 4.99 Å². The van der Waals surface area contributed by atoms with Crippen molar-refractivity contribution in [3.63, 3.8) is 0 Å². The second-order valence-electron chi connectivity index (χ2n) is 4.07. The second kappa shape index (κ2) is 3.98. The first-order valence-corrected chi connectivity index (χ1v) is 5.59. The zero-order chi connectivity index (χ0) is 11.7. The molecule has 17 heavy (non-hydrogen) atoms. The summed E-state index contributed by atoms with van der Waals surface area (Å²) in [6, 6.07) is 15.4. The highest BCUT2D eigenvalue weighted by atomic mass is 16.1. The van der Waals surface area contributed by atoms with Gasteiger partial charge in [-0.1, -0.05) is 42.5 Å². The Kier molecular flexibility index (Phi) is 2.33. The number of para-hydroxylation sites is 1. The van der Waals surface area contributed by atoms with Gasteiger partial charge in [0.05, 0.1) is 5.69 Å². The molecule has 0 atom stereocenters. The lowest BCUT2D eigenvalue weighted by Gasteiger charge is -2.10. The number of benzene rings is 2. The Morgan fingerprint density at radius 1 is 0.941 bits per heavy atom. The van der Waals surface area contributed by atoms with Crippen LogP contribution in [-0.4, -0.2) is 12.0 Å². The summed E-state index contributed by atoms with van der Waals surface area (Å²) in [5.41, 5.74) is 3.52. The van der Waals surface area contributed by atoms with E-state index in [1.54, 1.807) is 6.21 Å². The number of carbonyl (C=O) groups excluding carboxylic acids is 1. The molecular formula is C15H11NO. The van der Waals surface area contributed by atoms with Gasteiger partial charge >= 0.3 is 0 Å². The van der Waals surface area contributed by atoms with Crippen LogP contribution in [-0.2, 0) is 6.42 Å². The number of Topliss-reactive ketones (excluding diaryl/α,β-unsaturated/α-hetero) is 1. The summed E-state index contributed by atoms with van der Waals surface area (Å²) >= 11 is 0. The van der Waals surface area contributed by atoms with Gasteiger partial charge in [-0.05, 0) is 11.6 Å². The van der Waals surface area contributed by atoms with Gasteiger partial charge in [-0.15, -0.1) is 0 Å². The van der Waals surface area contributed by atoms with Crippen molar-refractivity contribution in [1.29, 1.82) is 0 Å². The lowest BCUT2D eigenvalue weighted by molar-refractivity contribution is 0.0993. The van der Waals surface area contributed by atoms with E-state index in [4.69, 9.17) is 0 Å². The van der Waals surface area contributed by atoms with Crippen LogP contribution in [0.5, 0.6) is 0 Å². The van der Waals surface area contributed by atoms with Gasteiger partial charge in [0.2, 0.25) is 0 Å². The molecule has 2 nitrogen and oxygen atoms in total. The minimum Gasteiger partial charge on any atom is -0.294 e. The van der Waals surface area contributed by atoms with Gasteiger partial charge in [0.15, 0.2) is 5.78 Å². The minimum absolute atomic E-state index is 0.152. The molecule has 0 bridgehead atoms. The van der Waals surface area contributed by atoms with Gasteiger partial charge in [0.1, 0.15) is 0 Å². The second-order valence-corrected chi connectivity index (χ2v) is 4.07. The Labute approximate surface area is 99.6 Å². The molecule has 0 amide bonds. The number of rotatable bonds is 0. The first-order valence-electron chi connectivity index (χ1n) is 5.59. The van der Waals surface area contributed by atoms with Crippen molar-refractivity contribution in [1.82, 2.24) is 0 Å². The Bertz CT molecular complexity index is 614. The monoisotopic (exact) mass is 221 g/mol. The predicted molar refractivity (Wildman–Crippen MR) is 68.2 cm³/mol. The number of nitrogens with zero attached hydrogens (tertiary/aromatic N) is 1. The summed E-state index contributed by atoms with van der Waals surface area (Å²) in [6.45, 7) is 0. The third kappa shape index (κ3) is 1.78. The number of ketones is 1. The third-order valence-corrected chi connectivity index (χ3v) is 2.95. The molecule has 2 aromatic rings. The lowest BCUT2D eigenvalue weighted by Crippen LogP contribution is -2.08. The molecule has 0 spiro atoms. The number of fused-ring (bicyclic) bond motifs is 2. The normalized spacial score (nSPS) is 15.4. The molecule has 82 valence electrons. The molecule has 2 aromatic carbocycles. The fraction of sp³-hybridized carbons (Fsp3) is 0.0667. The zero-order valence-corrected chi connectivity index (χ0v) is 9.26. The number of aliphatic imine (C=N–C) groups is 1. The van der Waals surface area contributed by atoms with E-state index >= 15 is 0 Å². The molecule has 0 saturated heterocycles. The topological polar surface area (TPSA) is 29.4 Å². The SMILES string of the molecule is O=C1Cc2ccccc2/N=C\c2ccccc21. The molecule has 0 unspecified atom stereocenters. The highest BCUT2D eigenvalue weighted by molar-refractivity contribution is 6.06. The predicted octanol–water partition coefficient (Wildman–Crippen LogP) is 3.18. The van der Waals surface area contributed by atoms with Gasteiger partial charge in [-0.3, -0.25) is 9.79 Å². The Hall–Kier alpha value is -2.22. The van der Waals surface area contributed by atoms with Crippen LogP contribution in [0.4, 0.5) is 5.69 Å². The fourth-order valence-corrected chi connectivity index (χ4v) is 2.06. The highest BCUT2D eigenvalue weighted by Gasteiger charge is 2.14. The number of hydrogen-bond donors (Lipinski definition) is 0. The van der Waals surface area contributed by atoms with E-state index in [1.165, 1.54) is 0 Å². The summed E-state index contributed by atoms with van der Waals surface area (Å²) < 4.78 is 0. The van der Waals surface area contributed by atoms with E-state index in [0.29, 0.717) is 6.42 Å². The number of hydrogen-bond acceptors (Lipinski definition) is 2. The van der Waals surface area contributed by atoms with Crippen molar-refractivity contribution in [3.8, 4) is 0 Å². The van der Waals surface area contributed by atoms with Gasteiger partial charge in [-0.25, -0.2) is 0 Å². The summed E-state index contributed by atoms with van der Waals surface area (Å²) in [5.74, 6) is 0.152. The van der Waals surface area contributed by atoms with Crippen LogP contribution in [0.15, 0.2) is 53.5 Å². The van der Waals surface area contributed by atoms with E-state index < -0.39 is 0 Å². The standard InChI is InChI=1S/C15H11NO/c17-15-9-11-5-2-4-8-14(11)16-10-12-6-1-3-7-13(12)15/h1-8,10H,9H2/b16-10-. The maximum Gasteiger partial charge on any atom is 0.167 e. The van der Waals surface area contributed by atoms with Crippen molar-refractivity contribution >= 4 is 17.7 Å². The van der Waals surface area contributed by atoms with Crippen LogP contribution in [0, 0.1) is 0 Å². The van der Waals surface area contributed by atoms with Gasteiger partial charge in [-0.2, -0.15) is 0 Å². The molecule has 1 aliphatic rings. The van der Waals surface area contributed by atoms with Crippen molar-refractivity contribution in [3.05, 3.63) is 65.2 Å². The molecule has 0 aliphatic carbocycles. The molecule has 0 radical (unpaired) electrons. The Balaban J connectivity index is 2.19. The first kappa shape index (κ1) is 9.97. The van der Waals surface area contributed by atoms with Crippen molar-refractivity contribution in [2.45, 2.75) is 6.42 Å². The molecule has 3 rings (SSSR count). The smallest absolute Gasteiger partial charge is 0.167 e. The van der Waals surface area contributed by atoms with Crippen LogP contribution >= 0.6 is 0 Å². The van der Waals surface area contributed by atoms with Gasteiger partial charge in [0.25, 0.3) is 0 Å². The van der Waals surface area contributed by atoms with Crippen LogP contribution in [0.1, 0.15) is 21.5 Å². The number of carbonyl (C=O) groups is 1. The maximum atomic E-state index is 12.2.